The molecule has 1 aliphatic rings. The van der Waals surface area contributed by atoms with Gasteiger partial charge in [-0.2, -0.15) is 0 Å². The van der Waals surface area contributed by atoms with E-state index in [-0.39, 0.29) is 12.0 Å². The Morgan fingerprint density at radius 3 is 2.67 bits per heavy atom. The minimum Gasteiger partial charge on any atom is -0.466 e. The molecule has 3 atom stereocenters. The fourth-order valence-electron chi connectivity index (χ4n) is 1.63. The molecule has 1 rings (SSSR count). The number of carbonyl (C=O) groups excluding carboxylic acids is 2. The van der Waals surface area contributed by atoms with E-state index in [1.165, 1.54) is 25.3 Å². The third kappa shape index (κ3) is 3.41. The number of aliphatic hydroxyl groups excluding tert-OH is 2. The molecule has 0 aromatic carbocycles. The van der Waals surface area contributed by atoms with E-state index in [2.05, 4.69) is 4.74 Å². The third-order valence-corrected chi connectivity index (χ3v) is 2.53. The summed E-state index contributed by atoms with van der Waals surface area (Å²) in [6.07, 6.45) is 0.431. The molecule has 0 heterocycles. The maximum Gasteiger partial charge on any atom is 0.333 e. The molecule has 0 spiro atoms. The van der Waals surface area contributed by atoms with Gasteiger partial charge in [-0.1, -0.05) is 6.08 Å². The van der Waals surface area contributed by atoms with Gasteiger partial charge in [-0.15, -0.1) is 0 Å². The SMILES string of the molecule is C/C=C/C(=O)O[C@@H]1C=C(C(=O)OC)C[C@@H](O)[C@@H]1O. The van der Waals surface area contributed by atoms with E-state index in [1.807, 2.05) is 0 Å². The van der Waals surface area contributed by atoms with Gasteiger partial charge in [-0.05, 0) is 13.0 Å². The minimum absolute atomic E-state index is 0.0362. The zero-order valence-electron chi connectivity index (χ0n) is 10.2. The Bertz CT molecular complexity index is 384. The largest absolute Gasteiger partial charge is 0.466 e. The minimum atomic E-state index is -1.26. The van der Waals surface area contributed by atoms with Gasteiger partial charge in [0.1, 0.15) is 12.2 Å². The number of rotatable bonds is 3. The van der Waals surface area contributed by atoms with Gasteiger partial charge >= 0.3 is 11.9 Å². The van der Waals surface area contributed by atoms with Gasteiger partial charge in [0.2, 0.25) is 0 Å². The van der Waals surface area contributed by atoms with Gasteiger partial charge in [0.25, 0.3) is 0 Å². The molecule has 18 heavy (non-hydrogen) atoms. The van der Waals surface area contributed by atoms with Crippen molar-refractivity contribution in [2.75, 3.05) is 7.11 Å². The Balaban J connectivity index is 2.86. The topological polar surface area (TPSA) is 93.1 Å². The maximum absolute atomic E-state index is 11.3. The van der Waals surface area contributed by atoms with Crippen LogP contribution in [0, 0.1) is 0 Å². The first-order valence-electron chi connectivity index (χ1n) is 5.48. The Morgan fingerprint density at radius 1 is 1.44 bits per heavy atom. The van der Waals surface area contributed by atoms with E-state index >= 15 is 0 Å². The maximum atomic E-state index is 11.3. The molecule has 0 saturated carbocycles. The monoisotopic (exact) mass is 256 g/mol. The second-order valence-electron chi connectivity index (χ2n) is 3.85. The van der Waals surface area contributed by atoms with Crippen LogP contribution in [0.3, 0.4) is 0 Å². The zero-order chi connectivity index (χ0) is 13.7. The van der Waals surface area contributed by atoms with Gasteiger partial charge in [0, 0.05) is 18.1 Å². The molecule has 0 aromatic heterocycles. The highest BCUT2D eigenvalue weighted by atomic mass is 16.6. The molecule has 0 unspecified atom stereocenters. The molecule has 0 amide bonds. The van der Waals surface area contributed by atoms with E-state index < -0.39 is 30.3 Å². The Hall–Kier alpha value is -1.66. The van der Waals surface area contributed by atoms with Crippen molar-refractivity contribution in [3.05, 3.63) is 23.8 Å². The fourth-order valence-corrected chi connectivity index (χ4v) is 1.63. The Kier molecular flexibility index (Phi) is 5.06. The second-order valence-corrected chi connectivity index (χ2v) is 3.85. The van der Waals surface area contributed by atoms with E-state index in [0.29, 0.717) is 0 Å². The van der Waals surface area contributed by atoms with Crippen LogP contribution in [0.25, 0.3) is 0 Å². The lowest BCUT2D eigenvalue weighted by Crippen LogP contribution is -2.43. The van der Waals surface area contributed by atoms with Crippen molar-refractivity contribution in [2.45, 2.75) is 31.7 Å². The van der Waals surface area contributed by atoms with E-state index in [0.717, 1.165) is 0 Å². The number of hydrogen-bond donors (Lipinski definition) is 2. The lowest BCUT2D eigenvalue weighted by Gasteiger charge is -2.29. The molecule has 0 saturated heterocycles. The van der Waals surface area contributed by atoms with Gasteiger partial charge in [-0.25, -0.2) is 9.59 Å². The highest BCUT2D eigenvalue weighted by Crippen LogP contribution is 2.22. The van der Waals surface area contributed by atoms with Gasteiger partial charge in [-0.3, -0.25) is 0 Å². The highest BCUT2D eigenvalue weighted by molar-refractivity contribution is 5.89. The number of esters is 2. The van der Waals surface area contributed by atoms with Crippen LogP contribution in [0.1, 0.15) is 13.3 Å². The third-order valence-electron chi connectivity index (χ3n) is 2.53. The second kappa shape index (κ2) is 6.32. The molecule has 6 nitrogen and oxygen atoms in total. The summed E-state index contributed by atoms with van der Waals surface area (Å²) in [6, 6.07) is 0. The summed E-state index contributed by atoms with van der Waals surface area (Å²) < 4.78 is 9.44. The van der Waals surface area contributed by atoms with Gasteiger partial charge < -0.3 is 19.7 Å². The van der Waals surface area contributed by atoms with Crippen LogP contribution in [0.5, 0.6) is 0 Å². The number of carbonyl (C=O) groups is 2. The van der Waals surface area contributed by atoms with Crippen molar-refractivity contribution in [1.29, 1.82) is 0 Å². The Morgan fingerprint density at radius 2 is 2.11 bits per heavy atom. The quantitative estimate of drug-likeness (QED) is 0.532. The van der Waals surface area contributed by atoms with Crippen LogP contribution in [0.4, 0.5) is 0 Å². The first kappa shape index (κ1) is 14.4. The molecule has 0 aromatic rings. The summed E-state index contributed by atoms with van der Waals surface area (Å²) in [7, 11) is 1.21. The molecule has 6 heteroatoms. The normalized spacial score (nSPS) is 27.8. The molecule has 0 aliphatic heterocycles. The number of hydrogen-bond acceptors (Lipinski definition) is 6. The number of aliphatic hydroxyl groups is 2. The van der Waals surface area contributed by atoms with Crippen molar-refractivity contribution < 1.29 is 29.3 Å². The zero-order valence-corrected chi connectivity index (χ0v) is 10.2. The molecule has 0 radical (unpaired) electrons. The number of allylic oxidation sites excluding steroid dienone is 1. The van der Waals surface area contributed by atoms with Crippen LogP contribution in [0.2, 0.25) is 0 Å². The average Bonchev–Trinajstić information content (AvgIpc) is 2.34. The van der Waals surface area contributed by atoms with Crippen molar-refractivity contribution in [3.8, 4) is 0 Å². The van der Waals surface area contributed by atoms with E-state index in [9.17, 15) is 19.8 Å². The number of ether oxygens (including phenoxy) is 2. The van der Waals surface area contributed by atoms with Crippen LogP contribution >= 0.6 is 0 Å². The smallest absolute Gasteiger partial charge is 0.333 e. The van der Waals surface area contributed by atoms with Crippen LogP contribution in [0.15, 0.2) is 23.8 Å². The van der Waals surface area contributed by atoms with Gasteiger partial charge in [0.05, 0.1) is 13.2 Å². The first-order valence-corrected chi connectivity index (χ1v) is 5.48. The van der Waals surface area contributed by atoms with Crippen LogP contribution < -0.4 is 0 Å². The van der Waals surface area contributed by atoms with E-state index in [1.54, 1.807) is 6.92 Å². The lowest BCUT2D eigenvalue weighted by molar-refractivity contribution is -0.151. The summed E-state index contributed by atoms with van der Waals surface area (Å²) in [6.45, 7) is 1.64. The standard InChI is InChI=1S/C12H16O6/c1-3-4-10(14)18-9-6-7(12(16)17-2)5-8(13)11(9)15/h3-4,6,8-9,11,13,15H,5H2,1-2H3/b4-3+/t8-,9-,11+/m1/s1. The molecule has 2 N–H and O–H groups in total. The van der Waals surface area contributed by atoms with Crippen molar-refractivity contribution in [2.24, 2.45) is 0 Å². The Labute approximate surface area is 105 Å². The first-order chi connectivity index (χ1) is 8.49. The predicted octanol–water partition coefficient (Wildman–Crippen LogP) is -0.301. The predicted molar refractivity (Wildman–Crippen MR) is 61.4 cm³/mol. The lowest BCUT2D eigenvalue weighted by atomic mass is 9.92. The molecule has 0 fully saturated rings. The van der Waals surface area contributed by atoms with Crippen LogP contribution in [-0.2, 0) is 19.1 Å². The van der Waals surface area contributed by atoms with E-state index in [4.69, 9.17) is 4.74 Å². The summed E-state index contributed by atoms with van der Waals surface area (Å²) in [5.41, 5.74) is 0.175. The molecular formula is C12H16O6. The summed E-state index contributed by atoms with van der Waals surface area (Å²) in [5, 5.41) is 19.3. The number of methoxy groups -OCH3 is 1. The van der Waals surface area contributed by atoms with Gasteiger partial charge in [0.15, 0.2) is 0 Å². The van der Waals surface area contributed by atoms with Crippen LogP contribution in [-0.4, -0.2) is 47.6 Å². The summed E-state index contributed by atoms with van der Waals surface area (Å²) in [5.74, 6) is -1.27. The molecule has 0 bridgehead atoms. The molecule has 1 aliphatic carbocycles. The average molecular weight is 256 g/mol. The molecule has 100 valence electrons. The summed E-state index contributed by atoms with van der Waals surface area (Å²) >= 11 is 0. The van der Waals surface area contributed by atoms with Crippen molar-refractivity contribution in [1.82, 2.24) is 0 Å². The highest BCUT2D eigenvalue weighted by Gasteiger charge is 2.35. The van der Waals surface area contributed by atoms with Crippen molar-refractivity contribution >= 4 is 11.9 Å². The summed E-state index contributed by atoms with van der Waals surface area (Å²) in [4.78, 5) is 22.6. The molecular weight excluding hydrogens is 240 g/mol. The van der Waals surface area contributed by atoms with Crippen molar-refractivity contribution in [3.63, 3.8) is 0 Å². The fraction of sp³-hybridized carbons (Fsp3) is 0.500.